The van der Waals surface area contributed by atoms with E-state index in [4.69, 9.17) is 9.47 Å². The van der Waals surface area contributed by atoms with E-state index in [0.717, 1.165) is 24.3 Å². The van der Waals surface area contributed by atoms with Gasteiger partial charge < -0.3 is 9.47 Å². The van der Waals surface area contributed by atoms with Gasteiger partial charge in [0, 0.05) is 18.2 Å². The van der Waals surface area contributed by atoms with Gasteiger partial charge in [-0.15, -0.1) is 0 Å². The molecule has 100 valence electrons. The van der Waals surface area contributed by atoms with E-state index < -0.39 is 17.5 Å². The summed E-state index contributed by atoms with van der Waals surface area (Å²) in [6.07, 6.45) is 0. The van der Waals surface area contributed by atoms with Crippen LogP contribution < -0.4 is 9.47 Å². The van der Waals surface area contributed by atoms with E-state index in [1.807, 2.05) is 0 Å². The van der Waals surface area contributed by atoms with Crippen LogP contribution in [0.1, 0.15) is 0 Å². The summed E-state index contributed by atoms with van der Waals surface area (Å²) in [6.45, 7) is 0. The molecule has 0 atom stereocenters. The fourth-order valence-electron chi connectivity index (χ4n) is 1.77. The molecular formula is C14H11F3O2. The van der Waals surface area contributed by atoms with Crippen LogP contribution in [0.5, 0.6) is 11.5 Å². The van der Waals surface area contributed by atoms with E-state index >= 15 is 0 Å². The zero-order valence-corrected chi connectivity index (χ0v) is 10.3. The second-order valence-corrected chi connectivity index (χ2v) is 3.85. The molecule has 2 rings (SSSR count). The van der Waals surface area contributed by atoms with E-state index in [1.54, 1.807) is 0 Å². The molecule has 0 saturated heterocycles. The van der Waals surface area contributed by atoms with Crippen molar-refractivity contribution in [2.75, 3.05) is 14.2 Å². The van der Waals surface area contributed by atoms with Gasteiger partial charge in [-0.3, -0.25) is 0 Å². The molecule has 2 aromatic rings. The van der Waals surface area contributed by atoms with Crippen LogP contribution in [0.3, 0.4) is 0 Å². The van der Waals surface area contributed by atoms with Crippen LogP contribution in [0.4, 0.5) is 13.2 Å². The fourth-order valence-corrected chi connectivity index (χ4v) is 1.77. The van der Waals surface area contributed by atoms with Gasteiger partial charge in [-0.1, -0.05) is 0 Å². The molecule has 0 saturated carbocycles. The summed E-state index contributed by atoms with van der Waals surface area (Å²) in [5.41, 5.74) is -0.256. The Kier molecular flexibility index (Phi) is 3.64. The number of halogens is 3. The molecule has 0 fully saturated rings. The maximum atomic E-state index is 13.9. The summed E-state index contributed by atoms with van der Waals surface area (Å²) in [5.74, 6) is -2.05. The van der Waals surface area contributed by atoms with Crippen LogP contribution in [-0.4, -0.2) is 14.2 Å². The Morgan fingerprint density at radius 2 is 1.26 bits per heavy atom. The Morgan fingerprint density at radius 1 is 0.737 bits per heavy atom. The standard InChI is InChI=1S/C14H11F3O2/c1-18-10-4-8(3-9(15)5-10)14-12(16)6-11(19-2)7-13(14)17/h3-7H,1-2H3. The summed E-state index contributed by atoms with van der Waals surface area (Å²) in [5, 5.41) is 0. The first-order valence-electron chi connectivity index (χ1n) is 5.43. The smallest absolute Gasteiger partial charge is 0.137 e. The van der Waals surface area contributed by atoms with Crippen molar-refractivity contribution in [2.45, 2.75) is 0 Å². The van der Waals surface area contributed by atoms with E-state index in [0.29, 0.717) is 0 Å². The van der Waals surface area contributed by atoms with Gasteiger partial charge in [-0.05, 0) is 17.7 Å². The molecule has 0 bridgehead atoms. The third-order valence-electron chi connectivity index (χ3n) is 2.65. The molecule has 2 aromatic carbocycles. The van der Waals surface area contributed by atoms with Crippen molar-refractivity contribution < 1.29 is 22.6 Å². The average molecular weight is 268 g/mol. The molecule has 0 aliphatic heterocycles. The minimum Gasteiger partial charge on any atom is -0.497 e. The van der Waals surface area contributed by atoms with Gasteiger partial charge in [-0.25, -0.2) is 13.2 Å². The number of methoxy groups -OCH3 is 2. The lowest BCUT2D eigenvalue weighted by Gasteiger charge is -2.09. The predicted molar refractivity (Wildman–Crippen MR) is 64.9 cm³/mol. The predicted octanol–water partition coefficient (Wildman–Crippen LogP) is 3.79. The number of ether oxygens (including phenoxy) is 2. The molecule has 0 aliphatic rings. The van der Waals surface area contributed by atoms with Gasteiger partial charge in [0.1, 0.15) is 29.0 Å². The molecule has 2 nitrogen and oxygen atoms in total. The second kappa shape index (κ2) is 5.22. The zero-order chi connectivity index (χ0) is 14.0. The third-order valence-corrected chi connectivity index (χ3v) is 2.65. The number of benzene rings is 2. The largest absolute Gasteiger partial charge is 0.497 e. The Bertz CT molecular complexity index is 589. The minimum atomic E-state index is -0.829. The Hall–Kier alpha value is -2.17. The normalized spacial score (nSPS) is 10.4. The molecule has 5 heteroatoms. The average Bonchev–Trinajstić information content (AvgIpc) is 2.37. The van der Waals surface area contributed by atoms with Gasteiger partial charge in [-0.2, -0.15) is 0 Å². The molecule has 0 aliphatic carbocycles. The van der Waals surface area contributed by atoms with E-state index in [2.05, 4.69) is 0 Å². The highest BCUT2D eigenvalue weighted by Crippen LogP contribution is 2.32. The molecule has 0 heterocycles. The summed E-state index contributed by atoms with van der Waals surface area (Å²) in [4.78, 5) is 0. The molecule has 0 spiro atoms. The first kappa shape index (κ1) is 13.3. The maximum Gasteiger partial charge on any atom is 0.137 e. The number of rotatable bonds is 3. The molecule has 0 aromatic heterocycles. The Morgan fingerprint density at radius 3 is 1.79 bits per heavy atom. The van der Waals surface area contributed by atoms with Crippen molar-refractivity contribution >= 4 is 0 Å². The van der Waals surface area contributed by atoms with Crippen LogP contribution in [0.25, 0.3) is 11.1 Å². The van der Waals surface area contributed by atoms with Crippen LogP contribution in [-0.2, 0) is 0 Å². The quantitative estimate of drug-likeness (QED) is 0.843. The third kappa shape index (κ3) is 2.65. The van der Waals surface area contributed by atoms with Gasteiger partial charge >= 0.3 is 0 Å². The number of hydrogen-bond acceptors (Lipinski definition) is 2. The maximum absolute atomic E-state index is 13.9. The van der Waals surface area contributed by atoms with E-state index in [1.165, 1.54) is 20.3 Å². The summed E-state index contributed by atoms with van der Waals surface area (Å²) < 4.78 is 50.7. The lowest BCUT2D eigenvalue weighted by atomic mass is 10.0. The van der Waals surface area contributed by atoms with Gasteiger partial charge in [0.25, 0.3) is 0 Å². The van der Waals surface area contributed by atoms with E-state index in [-0.39, 0.29) is 22.6 Å². The van der Waals surface area contributed by atoms with Crippen molar-refractivity contribution in [2.24, 2.45) is 0 Å². The summed E-state index contributed by atoms with van der Waals surface area (Å²) in [7, 11) is 2.65. The molecule has 19 heavy (non-hydrogen) atoms. The molecule has 0 radical (unpaired) electrons. The van der Waals surface area contributed by atoms with Crippen LogP contribution >= 0.6 is 0 Å². The molecular weight excluding hydrogens is 257 g/mol. The first-order valence-corrected chi connectivity index (χ1v) is 5.43. The molecule has 0 amide bonds. The SMILES string of the molecule is COc1cc(F)cc(-c2c(F)cc(OC)cc2F)c1. The summed E-state index contributed by atoms with van der Waals surface area (Å²) in [6, 6.07) is 5.60. The lowest BCUT2D eigenvalue weighted by Crippen LogP contribution is -1.95. The van der Waals surface area contributed by atoms with Gasteiger partial charge in [0.15, 0.2) is 0 Å². The zero-order valence-electron chi connectivity index (χ0n) is 10.3. The van der Waals surface area contributed by atoms with Crippen LogP contribution in [0.2, 0.25) is 0 Å². The van der Waals surface area contributed by atoms with Gasteiger partial charge in [0.2, 0.25) is 0 Å². The highest BCUT2D eigenvalue weighted by Gasteiger charge is 2.15. The van der Waals surface area contributed by atoms with E-state index in [9.17, 15) is 13.2 Å². The van der Waals surface area contributed by atoms with Gasteiger partial charge in [0.05, 0.1) is 19.8 Å². The summed E-state index contributed by atoms with van der Waals surface area (Å²) >= 11 is 0. The number of hydrogen-bond donors (Lipinski definition) is 0. The van der Waals surface area contributed by atoms with Crippen molar-refractivity contribution in [3.8, 4) is 22.6 Å². The molecule has 0 unspecified atom stereocenters. The molecule has 0 N–H and O–H groups in total. The first-order chi connectivity index (χ1) is 9.05. The Labute approximate surface area is 108 Å². The fraction of sp³-hybridized carbons (Fsp3) is 0.143. The highest BCUT2D eigenvalue weighted by atomic mass is 19.1. The minimum absolute atomic E-state index is 0.0575. The van der Waals surface area contributed by atoms with Crippen molar-refractivity contribution in [3.63, 3.8) is 0 Å². The Balaban J connectivity index is 2.61. The van der Waals surface area contributed by atoms with Crippen LogP contribution in [0, 0.1) is 17.5 Å². The van der Waals surface area contributed by atoms with Crippen LogP contribution in [0.15, 0.2) is 30.3 Å². The van der Waals surface area contributed by atoms with Crippen molar-refractivity contribution in [1.82, 2.24) is 0 Å². The van der Waals surface area contributed by atoms with Crippen molar-refractivity contribution in [1.29, 1.82) is 0 Å². The topological polar surface area (TPSA) is 18.5 Å². The van der Waals surface area contributed by atoms with Crippen molar-refractivity contribution in [3.05, 3.63) is 47.8 Å². The second-order valence-electron chi connectivity index (χ2n) is 3.85. The monoisotopic (exact) mass is 268 g/mol. The lowest BCUT2D eigenvalue weighted by molar-refractivity contribution is 0.407. The highest BCUT2D eigenvalue weighted by molar-refractivity contribution is 5.67.